The number of esters is 1. The molecule has 1 aliphatic heterocycles. The molecule has 2 aromatic carbocycles. The van der Waals surface area contributed by atoms with Gasteiger partial charge in [0.05, 0.1) is 24.0 Å². The second-order valence-corrected chi connectivity index (χ2v) is 27.9. The largest absolute Gasteiger partial charge is 0.462 e. The lowest BCUT2D eigenvalue weighted by Gasteiger charge is -2.22. The number of hydrogen-bond acceptors (Lipinski definition) is 2. The van der Waals surface area contributed by atoms with E-state index >= 15 is 26.3 Å². The SMILES string of the molecule is C[Si](C)(C)C#Cc1ccc(C2c3ccc([nH]3)C(C(F)(F)F)c3ccc([nH]3)C(c3ccc(C(=O)OCC[Si](C)(C)C)cc3)c3ccc([nH]3)C(C(F)(F)F)c3ccc2[nH]3)cc1. The zero-order valence-corrected chi connectivity index (χ0v) is 35.5. The summed E-state index contributed by atoms with van der Waals surface area (Å²) < 4.78 is 96.6. The van der Waals surface area contributed by atoms with Crippen molar-refractivity contribution < 1.29 is 35.9 Å². The molecule has 2 unspecified atom stereocenters. The van der Waals surface area contributed by atoms with E-state index in [0.717, 1.165) is 11.6 Å². The summed E-state index contributed by atoms with van der Waals surface area (Å²) in [4.78, 5) is 24.9. The smallest absolute Gasteiger partial charge is 0.402 e. The van der Waals surface area contributed by atoms with Gasteiger partial charge >= 0.3 is 18.3 Å². The quantitative estimate of drug-likeness (QED) is 0.0582. The third-order valence-electron chi connectivity index (χ3n) is 10.5. The molecule has 1 aliphatic rings. The maximum absolute atomic E-state index is 15.2. The molecule has 2 atom stereocenters. The first-order chi connectivity index (χ1) is 27.6. The highest BCUT2D eigenvalue weighted by atomic mass is 28.3. The third kappa shape index (κ3) is 9.42. The summed E-state index contributed by atoms with van der Waals surface area (Å²) in [6.45, 7) is 13.2. The molecule has 0 radical (unpaired) electrons. The van der Waals surface area contributed by atoms with E-state index in [-0.39, 0.29) is 34.9 Å². The van der Waals surface area contributed by atoms with Crippen LogP contribution in [0.2, 0.25) is 45.3 Å². The number of carbonyl (C=O) groups is 1. The summed E-state index contributed by atoms with van der Waals surface area (Å²) in [5.74, 6) is -3.11. The van der Waals surface area contributed by atoms with E-state index in [1.54, 1.807) is 48.5 Å². The van der Waals surface area contributed by atoms with Crippen LogP contribution in [0, 0.1) is 11.5 Å². The lowest BCUT2D eigenvalue weighted by Crippen LogP contribution is -2.23. The van der Waals surface area contributed by atoms with E-state index in [2.05, 4.69) is 70.7 Å². The number of halogens is 6. The fourth-order valence-corrected chi connectivity index (χ4v) is 8.76. The summed E-state index contributed by atoms with van der Waals surface area (Å²) in [5, 5.41) is 0. The third-order valence-corrected chi connectivity index (χ3v) is 13.0. The normalized spacial score (nSPS) is 18.6. The monoisotopic (exact) mass is 844 g/mol. The number of H-pyrrole nitrogens is 4. The van der Waals surface area contributed by atoms with E-state index < -0.39 is 58.1 Å². The number of carbonyl (C=O) groups excluding carboxylic acids is 1. The van der Waals surface area contributed by atoms with Crippen molar-refractivity contribution in [3.05, 3.63) is 165 Å². The zero-order valence-electron chi connectivity index (χ0n) is 33.5. The average Bonchev–Trinajstić information content (AvgIpc) is 3.97. The van der Waals surface area contributed by atoms with E-state index in [4.69, 9.17) is 4.74 Å². The lowest BCUT2D eigenvalue weighted by atomic mass is 9.92. The molecule has 0 aliphatic carbocycles. The van der Waals surface area contributed by atoms with Gasteiger partial charge in [-0.2, -0.15) is 26.3 Å². The van der Waals surface area contributed by atoms with E-state index in [9.17, 15) is 4.79 Å². The van der Waals surface area contributed by atoms with Crippen molar-refractivity contribution in [2.45, 2.75) is 81.4 Å². The van der Waals surface area contributed by atoms with Crippen LogP contribution in [0.15, 0.2) is 97.1 Å². The van der Waals surface area contributed by atoms with Crippen LogP contribution in [0.1, 0.15) is 96.3 Å². The molecule has 59 heavy (non-hydrogen) atoms. The van der Waals surface area contributed by atoms with Gasteiger partial charge in [-0.3, -0.25) is 0 Å². The molecular formula is C45H46F6N4O2Si2. The molecule has 0 spiro atoms. The fraction of sp³-hybridized carbons (Fsp3) is 0.311. The lowest BCUT2D eigenvalue weighted by molar-refractivity contribution is -0.143. The second-order valence-electron chi connectivity index (χ2n) is 17.5. The number of benzene rings is 2. The number of hydrogen-bond donors (Lipinski definition) is 4. The minimum atomic E-state index is -4.73. The Hall–Kier alpha value is -5.40. The highest BCUT2D eigenvalue weighted by Gasteiger charge is 2.46. The minimum Gasteiger partial charge on any atom is -0.462 e. The van der Waals surface area contributed by atoms with Crippen LogP contribution in [0.25, 0.3) is 0 Å². The van der Waals surface area contributed by atoms with Crippen molar-refractivity contribution >= 4 is 22.1 Å². The predicted octanol–water partition coefficient (Wildman–Crippen LogP) is 11.8. The number of aromatic nitrogens is 4. The summed E-state index contributed by atoms with van der Waals surface area (Å²) in [5.41, 5.74) is 6.32. The Balaban J connectivity index is 1.35. The molecule has 6 aromatic rings. The van der Waals surface area contributed by atoms with Crippen LogP contribution in [-0.2, 0) is 4.74 Å². The first-order valence-corrected chi connectivity index (χ1v) is 26.6. The Kier molecular flexibility index (Phi) is 11.1. The first-order valence-electron chi connectivity index (χ1n) is 19.4. The number of nitrogens with one attached hydrogen (secondary N) is 4. The molecule has 5 heterocycles. The average molecular weight is 845 g/mol. The van der Waals surface area contributed by atoms with Crippen LogP contribution in [0.5, 0.6) is 0 Å². The van der Waals surface area contributed by atoms with Crippen molar-refractivity contribution in [3.8, 4) is 11.5 Å². The topological polar surface area (TPSA) is 89.5 Å². The summed E-state index contributed by atoms with van der Waals surface area (Å²) in [6, 6.07) is 26.1. The van der Waals surface area contributed by atoms with Crippen molar-refractivity contribution in [2.24, 2.45) is 0 Å². The highest BCUT2D eigenvalue weighted by Crippen LogP contribution is 2.45. The molecule has 4 N–H and O–H groups in total. The van der Waals surface area contributed by atoms with Crippen molar-refractivity contribution in [3.63, 3.8) is 0 Å². The standard InChI is InChI=1S/C45H46F6N4O2Si2/c1-58(2,3)25-23-27-7-9-28(10-8-27)39-31-15-19-35(52-31)41(44(46,47)48)37-21-17-33(54-37)40(29-11-13-30(14-12-29)43(56)57-24-26-59(4,5)6)34-18-22-38(55-34)42(45(49,50)51)36-20-16-32(39)53-36/h7-22,39-42,52-55H,24,26H2,1-6H3. The molecule has 0 amide bonds. The molecule has 7 rings (SSSR count). The van der Waals surface area contributed by atoms with Crippen LogP contribution >= 0.6 is 0 Å². The highest BCUT2D eigenvalue weighted by molar-refractivity contribution is 6.83. The molecule has 14 heteroatoms. The van der Waals surface area contributed by atoms with Crippen molar-refractivity contribution in [2.75, 3.05) is 6.61 Å². The molecule has 6 nitrogen and oxygen atoms in total. The summed E-state index contributed by atoms with van der Waals surface area (Å²) in [7, 11) is -3.14. The Morgan fingerprint density at radius 3 is 1.25 bits per heavy atom. The molecule has 0 saturated heterocycles. The van der Waals surface area contributed by atoms with Crippen LogP contribution in [-0.4, -0.2) is 61.0 Å². The van der Waals surface area contributed by atoms with Gasteiger partial charge in [0.25, 0.3) is 0 Å². The minimum absolute atomic E-state index is 0.133. The Morgan fingerprint density at radius 1 is 0.559 bits per heavy atom. The Bertz CT molecular complexity index is 2380. The Morgan fingerprint density at radius 2 is 0.915 bits per heavy atom. The van der Waals surface area contributed by atoms with Crippen LogP contribution < -0.4 is 0 Å². The van der Waals surface area contributed by atoms with Gasteiger partial charge in [-0.15, -0.1) is 5.54 Å². The molecule has 0 saturated carbocycles. The number of rotatable bonds is 6. The number of aromatic amines is 4. The number of alkyl halides is 6. The van der Waals surface area contributed by atoms with E-state index in [0.29, 0.717) is 33.9 Å². The molecule has 0 fully saturated rings. The summed E-state index contributed by atoms with van der Waals surface area (Å²) >= 11 is 0. The molecule has 4 aromatic heterocycles. The van der Waals surface area contributed by atoms with Gasteiger partial charge in [-0.1, -0.05) is 69.5 Å². The molecule has 308 valence electrons. The van der Waals surface area contributed by atoms with Gasteiger partial charge in [0.15, 0.2) is 0 Å². The first kappa shape index (κ1) is 41.8. The fourth-order valence-electron chi connectivity index (χ4n) is 7.52. The molecular weight excluding hydrogens is 799 g/mol. The van der Waals surface area contributed by atoms with Gasteiger partial charge in [0, 0.05) is 59.2 Å². The van der Waals surface area contributed by atoms with Crippen molar-refractivity contribution in [1.29, 1.82) is 0 Å². The van der Waals surface area contributed by atoms with Crippen molar-refractivity contribution in [1.82, 2.24) is 19.9 Å². The second kappa shape index (κ2) is 15.7. The van der Waals surface area contributed by atoms with Gasteiger partial charge in [-0.05, 0) is 90.0 Å². The van der Waals surface area contributed by atoms with Gasteiger partial charge in [0.2, 0.25) is 0 Å². The van der Waals surface area contributed by atoms with Gasteiger partial charge in [0.1, 0.15) is 19.9 Å². The summed E-state index contributed by atoms with van der Waals surface area (Å²) in [6.07, 6.45) is -9.46. The van der Waals surface area contributed by atoms with E-state index in [1.807, 2.05) is 12.1 Å². The number of ether oxygens (including phenoxy) is 1. The number of fused-ring (bicyclic) bond motifs is 8. The van der Waals surface area contributed by atoms with Gasteiger partial charge < -0.3 is 24.7 Å². The van der Waals surface area contributed by atoms with Crippen LogP contribution in [0.4, 0.5) is 26.3 Å². The van der Waals surface area contributed by atoms with Crippen LogP contribution in [0.3, 0.4) is 0 Å². The maximum Gasteiger partial charge on any atom is 0.402 e. The Labute approximate surface area is 341 Å². The van der Waals surface area contributed by atoms with Gasteiger partial charge in [-0.25, -0.2) is 4.79 Å². The maximum atomic E-state index is 15.2. The predicted molar refractivity (Wildman–Crippen MR) is 222 cm³/mol. The van der Waals surface area contributed by atoms with E-state index in [1.165, 1.54) is 36.4 Å². The molecule has 8 bridgehead atoms. The zero-order chi connectivity index (χ0) is 42.5.